The number of hydrogen-bond donors (Lipinski definition) is 1. The van der Waals surface area contributed by atoms with Crippen molar-refractivity contribution in [3.8, 4) is 0 Å². The number of carboxylic acids is 1. The van der Waals surface area contributed by atoms with Gasteiger partial charge in [0.1, 0.15) is 0 Å². The molecular formula is C11H22N2O4S. The van der Waals surface area contributed by atoms with Gasteiger partial charge in [-0.2, -0.15) is 17.0 Å². The van der Waals surface area contributed by atoms with E-state index >= 15 is 0 Å². The fourth-order valence-corrected chi connectivity index (χ4v) is 3.72. The first-order valence-electron chi connectivity index (χ1n) is 6.26. The zero-order chi connectivity index (χ0) is 13.9. The van der Waals surface area contributed by atoms with Crippen LogP contribution in [0.1, 0.15) is 33.1 Å². The second-order valence-electron chi connectivity index (χ2n) is 4.82. The Balaban J connectivity index is 2.82. The third-order valence-corrected chi connectivity index (χ3v) is 5.71. The molecule has 1 aliphatic rings. The molecule has 1 fully saturated rings. The van der Waals surface area contributed by atoms with Crippen LogP contribution in [0.5, 0.6) is 0 Å². The number of piperidine rings is 1. The Morgan fingerprint density at radius 1 is 1.56 bits per heavy atom. The van der Waals surface area contributed by atoms with Gasteiger partial charge in [-0.25, -0.2) is 0 Å². The van der Waals surface area contributed by atoms with Gasteiger partial charge < -0.3 is 5.11 Å². The van der Waals surface area contributed by atoms with Crippen molar-refractivity contribution in [3.63, 3.8) is 0 Å². The zero-order valence-electron chi connectivity index (χ0n) is 11.2. The number of carboxylic acid groups (broad SMARTS) is 1. The summed E-state index contributed by atoms with van der Waals surface area (Å²) in [7, 11) is -1.99. The van der Waals surface area contributed by atoms with Crippen LogP contribution in [0, 0.1) is 5.92 Å². The van der Waals surface area contributed by atoms with E-state index in [9.17, 15) is 13.2 Å². The van der Waals surface area contributed by atoms with E-state index in [1.54, 1.807) is 7.05 Å². The molecule has 2 unspecified atom stereocenters. The molecule has 0 aromatic heterocycles. The van der Waals surface area contributed by atoms with Crippen molar-refractivity contribution in [2.75, 3.05) is 20.1 Å². The van der Waals surface area contributed by atoms with E-state index in [-0.39, 0.29) is 12.6 Å². The highest BCUT2D eigenvalue weighted by molar-refractivity contribution is 7.86. The Kier molecular flexibility index (Phi) is 5.12. The zero-order valence-corrected chi connectivity index (χ0v) is 12.0. The number of hydrogen-bond acceptors (Lipinski definition) is 3. The minimum Gasteiger partial charge on any atom is -0.481 e. The summed E-state index contributed by atoms with van der Waals surface area (Å²) in [5, 5.41) is 8.98. The molecule has 0 amide bonds. The molecule has 7 heteroatoms. The molecule has 1 N–H and O–H groups in total. The molecule has 0 radical (unpaired) electrons. The van der Waals surface area contributed by atoms with Crippen molar-refractivity contribution < 1.29 is 18.3 Å². The first kappa shape index (κ1) is 15.4. The molecule has 0 aliphatic carbocycles. The summed E-state index contributed by atoms with van der Waals surface area (Å²) in [6.45, 7) is 4.26. The Labute approximate surface area is 109 Å². The number of aliphatic carboxylic acids is 1. The van der Waals surface area contributed by atoms with Gasteiger partial charge in [-0.05, 0) is 26.2 Å². The van der Waals surface area contributed by atoms with Crippen molar-refractivity contribution in [2.24, 2.45) is 5.92 Å². The first-order chi connectivity index (χ1) is 8.30. The van der Waals surface area contributed by atoms with Crippen LogP contribution in [-0.2, 0) is 15.0 Å². The lowest BCUT2D eigenvalue weighted by Gasteiger charge is -2.34. The van der Waals surface area contributed by atoms with Crippen LogP contribution >= 0.6 is 0 Å². The average Bonchev–Trinajstić information content (AvgIpc) is 2.36. The summed E-state index contributed by atoms with van der Waals surface area (Å²) >= 11 is 0. The lowest BCUT2D eigenvalue weighted by Crippen LogP contribution is -2.50. The lowest BCUT2D eigenvalue weighted by atomic mass is 10.0. The van der Waals surface area contributed by atoms with Gasteiger partial charge in [0.05, 0.1) is 5.92 Å². The van der Waals surface area contributed by atoms with Crippen LogP contribution in [0.2, 0.25) is 0 Å². The third-order valence-electron chi connectivity index (χ3n) is 3.64. The smallest absolute Gasteiger partial charge is 0.307 e. The predicted octanol–water partition coefficient (Wildman–Crippen LogP) is 0.758. The third kappa shape index (κ3) is 3.21. The van der Waals surface area contributed by atoms with E-state index in [1.807, 2.05) is 13.8 Å². The number of nitrogens with zero attached hydrogens (tertiary/aromatic N) is 2. The lowest BCUT2D eigenvalue weighted by molar-refractivity contribution is -0.142. The molecule has 0 spiro atoms. The van der Waals surface area contributed by atoms with Crippen LogP contribution in [0.4, 0.5) is 0 Å². The molecule has 106 valence electrons. The minimum absolute atomic E-state index is 0.0818. The van der Waals surface area contributed by atoms with Crippen molar-refractivity contribution in [1.29, 1.82) is 0 Å². The minimum atomic E-state index is -3.54. The van der Waals surface area contributed by atoms with Gasteiger partial charge >= 0.3 is 5.97 Å². The molecule has 0 saturated carbocycles. The highest BCUT2D eigenvalue weighted by atomic mass is 32.2. The topological polar surface area (TPSA) is 77.9 Å². The van der Waals surface area contributed by atoms with E-state index < -0.39 is 22.1 Å². The highest BCUT2D eigenvalue weighted by Crippen LogP contribution is 2.22. The van der Waals surface area contributed by atoms with E-state index in [2.05, 4.69) is 0 Å². The van der Waals surface area contributed by atoms with Crippen LogP contribution in [0.3, 0.4) is 0 Å². The van der Waals surface area contributed by atoms with Crippen LogP contribution in [-0.4, -0.2) is 54.3 Å². The van der Waals surface area contributed by atoms with Crippen molar-refractivity contribution in [3.05, 3.63) is 0 Å². The maximum absolute atomic E-state index is 12.3. The van der Waals surface area contributed by atoms with Crippen LogP contribution in [0.15, 0.2) is 0 Å². The van der Waals surface area contributed by atoms with Crippen molar-refractivity contribution in [2.45, 2.75) is 39.2 Å². The quantitative estimate of drug-likeness (QED) is 0.805. The summed E-state index contributed by atoms with van der Waals surface area (Å²) < 4.78 is 27.2. The Hall–Kier alpha value is -0.660. The average molecular weight is 278 g/mol. The fourth-order valence-electron chi connectivity index (χ4n) is 2.02. The molecule has 0 aromatic carbocycles. The number of rotatable bonds is 5. The molecule has 18 heavy (non-hydrogen) atoms. The van der Waals surface area contributed by atoms with Gasteiger partial charge in [-0.3, -0.25) is 4.79 Å². The highest BCUT2D eigenvalue weighted by Gasteiger charge is 2.35. The van der Waals surface area contributed by atoms with Gasteiger partial charge in [0, 0.05) is 26.2 Å². The van der Waals surface area contributed by atoms with Gasteiger partial charge in [0.25, 0.3) is 10.2 Å². The number of carbonyl (C=O) groups is 1. The molecule has 0 aromatic rings. The van der Waals surface area contributed by atoms with Gasteiger partial charge in [-0.15, -0.1) is 0 Å². The summed E-state index contributed by atoms with van der Waals surface area (Å²) in [6, 6.07) is -0.0831. The van der Waals surface area contributed by atoms with Gasteiger partial charge in [0.2, 0.25) is 0 Å². The molecule has 1 rings (SSSR count). The van der Waals surface area contributed by atoms with Gasteiger partial charge in [-0.1, -0.05) is 6.92 Å². The standard InChI is InChI=1S/C11H22N2O4S/c1-4-9(2)12(3)18(16,17)13-7-5-6-10(8-13)11(14)15/h9-10H,4-8H2,1-3H3,(H,14,15). The Morgan fingerprint density at radius 2 is 2.17 bits per heavy atom. The summed E-state index contributed by atoms with van der Waals surface area (Å²) in [5.74, 6) is -1.50. The molecule has 6 nitrogen and oxygen atoms in total. The first-order valence-corrected chi connectivity index (χ1v) is 7.66. The van der Waals surface area contributed by atoms with Crippen molar-refractivity contribution in [1.82, 2.24) is 8.61 Å². The second-order valence-corrected chi connectivity index (χ2v) is 6.80. The van der Waals surface area contributed by atoms with Gasteiger partial charge in [0.15, 0.2) is 0 Å². The molecule has 1 saturated heterocycles. The molecule has 1 aliphatic heterocycles. The van der Waals surface area contributed by atoms with Crippen molar-refractivity contribution >= 4 is 16.2 Å². The maximum Gasteiger partial charge on any atom is 0.307 e. The van der Waals surface area contributed by atoms with E-state index in [0.717, 1.165) is 6.42 Å². The SMILES string of the molecule is CCC(C)N(C)S(=O)(=O)N1CCCC(C(=O)O)C1. The largest absolute Gasteiger partial charge is 0.481 e. The Morgan fingerprint density at radius 3 is 2.67 bits per heavy atom. The molecular weight excluding hydrogens is 256 g/mol. The van der Waals surface area contributed by atoms with E-state index in [0.29, 0.717) is 19.4 Å². The maximum atomic E-state index is 12.3. The molecule has 0 bridgehead atoms. The Bertz CT molecular complexity index is 396. The summed E-state index contributed by atoms with van der Waals surface area (Å²) in [6.07, 6.45) is 1.88. The molecule has 2 atom stereocenters. The normalized spacial score (nSPS) is 24.1. The van der Waals surface area contributed by atoms with Crippen LogP contribution in [0.25, 0.3) is 0 Å². The monoisotopic (exact) mass is 278 g/mol. The van der Waals surface area contributed by atoms with E-state index in [1.165, 1.54) is 8.61 Å². The predicted molar refractivity (Wildman–Crippen MR) is 68.4 cm³/mol. The summed E-state index contributed by atoms with van der Waals surface area (Å²) in [4.78, 5) is 11.0. The van der Waals surface area contributed by atoms with E-state index in [4.69, 9.17) is 5.11 Å². The molecule has 1 heterocycles. The van der Waals surface area contributed by atoms with Crippen LogP contribution < -0.4 is 0 Å². The second kappa shape index (κ2) is 5.99. The summed E-state index contributed by atoms with van der Waals surface area (Å²) in [5.41, 5.74) is 0. The fraction of sp³-hybridized carbons (Fsp3) is 0.909.